The van der Waals surface area contributed by atoms with E-state index in [1.165, 1.54) is 19.3 Å². The zero-order chi connectivity index (χ0) is 19.1. The number of aromatic nitrogens is 2. The standard InChI is InChI=1S/C18H21N3O5/c1-20-16(23)9-10-21(18(20)26)12-15(22)19-14(7-8-17(24)25)11-13-5-3-2-4-6-13/h2-6,9-10,14H,7-8,11-12H2,1H3,(H,19,22)(H,24,25). The van der Waals surface area contributed by atoms with E-state index in [0.29, 0.717) is 6.42 Å². The summed E-state index contributed by atoms with van der Waals surface area (Å²) in [4.78, 5) is 46.5. The van der Waals surface area contributed by atoms with Crippen LogP contribution in [0.25, 0.3) is 0 Å². The Morgan fingerprint density at radius 1 is 1.15 bits per heavy atom. The number of hydrogen-bond acceptors (Lipinski definition) is 4. The highest BCUT2D eigenvalue weighted by molar-refractivity contribution is 5.76. The second-order valence-electron chi connectivity index (χ2n) is 6.01. The van der Waals surface area contributed by atoms with Crippen molar-refractivity contribution < 1.29 is 14.7 Å². The van der Waals surface area contributed by atoms with Gasteiger partial charge in [0.2, 0.25) is 5.91 Å². The van der Waals surface area contributed by atoms with E-state index in [1.54, 1.807) is 0 Å². The third-order valence-corrected chi connectivity index (χ3v) is 3.97. The topological polar surface area (TPSA) is 110 Å². The van der Waals surface area contributed by atoms with Crippen molar-refractivity contribution in [2.45, 2.75) is 31.8 Å². The Hall–Kier alpha value is -3.16. The molecule has 0 spiro atoms. The molecule has 1 heterocycles. The van der Waals surface area contributed by atoms with Crippen LogP contribution in [0.4, 0.5) is 0 Å². The molecule has 138 valence electrons. The predicted molar refractivity (Wildman–Crippen MR) is 94.9 cm³/mol. The molecule has 0 radical (unpaired) electrons. The van der Waals surface area contributed by atoms with Crippen LogP contribution in [-0.4, -0.2) is 32.2 Å². The van der Waals surface area contributed by atoms with Crippen molar-refractivity contribution in [2.24, 2.45) is 7.05 Å². The normalized spacial score (nSPS) is 11.7. The lowest BCUT2D eigenvalue weighted by atomic mass is 10.0. The third kappa shape index (κ3) is 5.44. The molecule has 0 aliphatic heterocycles. The highest BCUT2D eigenvalue weighted by Gasteiger charge is 2.16. The van der Waals surface area contributed by atoms with E-state index in [1.807, 2.05) is 30.3 Å². The van der Waals surface area contributed by atoms with E-state index in [0.717, 1.165) is 14.7 Å². The number of nitrogens with one attached hydrogen (secondary N) is 1. The molecule has 26 heavy (non-hydrogen) atoms. The van der Waals surface area contributed by atoms with Crippen LogP contribution in [0, 0.1) is 0 Å². The number of carboxylic acid groups (broad SMARTS) is 1. The lowest BCUT2D eigenvalue weighted by Crippen LogP contribution is -2.43. The summed E-state index contributed by atoms with van der Waals surface area (Å²) in [6.07, 6.45) is 1.96. The number of carbonyl (C=O) groups excluding carboxylic acids is 1. The van der Waals surface area contributed by atoms with Crippen LogP contribution in [0.5, 0.6) is 0 Å². The number of carbonyl (C=O) groups is 2. The molecule has 2 rings (SSSR count). The minimum absolute atomic E-state index is 0.0719. The predicted octanol–water partition coefficient (Wildman–Crippen LogP) is 0.139. The largest absolute Gasteiger partial charge is 0.481 e. The summed E-state index contributed by atoms with van der Waals surface area (Å²) in [5, 5.41) is 11.7. The summed E-state index contributed by atoms with van der Waals surface area (Å²) in [6, 6.07) is 10.3. The summed E-state index contributed by atoms with van der Waals surface area (Å²) in [6.45, 7) is -0.245. The van der Waals surface area contributed by atoms with Crippen LogP contribution in [0.1, 0.15) is 18.4 Å². The fraction of sp³-hybridized carbons (Fsp3) is 0.333. The van der Waals surface area contributed by atoms with Gasteiger partial charge in [0.1, 0.15) is 6.54 Å². The van der Waals surface area contributed by atoms with Crippen molar-refractivity contribution >= 4 is 11.9 Å². The minimum atomic E-state index is -0.938. The van der Waals surface area contributed by atoms with E-state index in [9.17, 15) is 19.2 Å². The van der Waals surface area contributed by atoms with Crippen molar-refractivity contribution in [3.8, 4) is 0 Å². The SMILES string of the molecule is Cn1c(=O)ccn(CC(=O)NC(CCC(=O)O)Cc2ccccc2)c1=O. The van der Waals surface area contributed by atoms with E-state index < -0.39 is 23.1 Å². The van der Waals surface area contributed by atoms with Gasteiger partial charge in [-0.25, -0.2) is 4.79 Å². The Labute approximate surface area is 149 Å². The Bertz CT molecular complexity index is 886. The van der Waals surface area contributed by atoms with E-state index in [2.05, 4.69) is 5.32 Å². The second kappa shape index (κ2) is 8.80. The molecule has 0 fully saturated rings. The lowest BCUT2D eigenvalue weighted by molar-refractivity contribution is -0.137. The number of nitrogens with zero attached hydrogens (tertiary/aromatic N) is 2. The molecule has 0 saturated carbocycles. The van der Waals surface area contributed by atoms with Gasteiger partial charge in [-0.15, -0.1) is 0 Å². The van der Waals surface area contributed by atoms with Crippen molar-refractivity contribution in [3.05, 3.63) is 69.0 Å². The van der Waals surface area contributed by atoms with E-state index >= 15 is 0 Å². The first-order valence-corrected chi connectivity index (χ1v) is 8.18. The maximum Gasteiger partial charge on any atom is 0.331 e. The molecule has 0 aliphatic carbocycles. The lowest BCUT2D eigenvalue weighted by Gasteiger charge is -2.19. The highest BCUT2D eigenvalue weighted by Crippen LogP contribution is 2.08. The average Bonchev–Trinajstić information content (AvgIpc) is 2.61. The summed E-state index contributed by atoms with van der Waals surface area (Å²) in [5.41, 5.74) is -0.0599. The molecule has 1 aromatic heterocycles. The number of hydrogen-bond donors (Lipinski definition) is 2. The number of rotatable bonds is 8. The number of aliphatic carboxylic acids is 1. The maximum absolute atomic E-state index is 12.3. The molecular formula is C18H21N3O5. The van der Waals surface area contributed by atoms with Crippen molar-refractivity contribution in [1.82, 2.24) is 14.5 Å². The summed E-state index contributed by atoms with van der Waals surface area (Å²) in [7, 11) is 1.34. The second-order valence-corrected chi connectivity index (χ2v) is 6.01. The molecule has 2 aromatic rings. The number of carboxylic acids is 1. The van der Waals surface area contributed by atoms with Crippen molar-refractivity contribution in [1.29, 1.82) is 0 Å². The average molecular weight is 359 g/mol. The van der Waals surface area contributed by atoms with E-state index in [-0.39, 0.29) is 25.4 Å². The molecule has 1 aromatic carbocycles. The van der Waals surface area contributed by atoms with Gasteiger partial charge < -0.3 is 10.4 Å². The Morgan fingerprint density at radius 3 is 2.50 bits per heavy atom. The third-order valence-electron chi connectivity index (χ3n) is 3.97. The van der Waals surface area contributed by atoms with Crippen LogP contribution >= 0.6 is 0 Å². The van der Waals surface area contributed by atoms with Crippen LogP contribution in [0.2, 0.25) is 0 Å². The van der Waals surface area contributed by atoms with Gasteiger partial charge in [-0.05, 0) is 18.4 Å². The number of benzene rings is 1. The summed E-state index contributed by atoms with van der Waals surface area (Å²) < 4.78 is 2.05. The fourth-order valence-corrected chi connectivity index (χ4v) is 2.59. The van der Waals surface area contributed by atoms with Crippen LogP contribution in [0.15, 0.2) is 52.2 Å². The first kappa shape index (κ1) is 19.2. The molecule has 0 aliphatic rings. The van der Waals surface area contributed by atoms with Crippen molar-refractivity contribution in [3.63, 3.8) is 0 Å². The summed E-state index contributed by atoms with van der Waals surface area (Å²) >= 11 is 0. The Kier molecular flexibility index (Phi) is 6.48. The van der Waals surface area contributed by atoms with Crippen LogP contribution in [0.3, 0.4) is 0 Å². The Balaban J connectivity index is 2.07. The monoisotopic (exact) mass is 359 g/mol. The number of amides is 1. The molecule has 8 nitrogen and oxygen atoms in total. The van der Waals surface area contributed by atoms with Gasteiger partial charge in [0.05, 0.1) is 0 Å². The summed E-state index contributed by atoms with van der Waals surface area (Å²) in [5.74, 6) is -1.36. The Morgan fingerprint density at radius 2 is 1.85 bits per heavy atom. The molecule has 2 N–H and O–H groups in total. The van der Waals surface area contributed by atoms with Crippen molar-refractivity contribution in [2.75, 3.05) is 0 Å². The van der Waals surface area contributed by atoms with Gasteiger partial charge in [0, 0.05) is 31.8 Å². The van der Waals surface area contributed by atoms with E-state index in [4.69, 9.17) is 5.11 Å². The molecule has 0 saturated heterocycles. The maximum atomic E-state index is 12.3. The van der Waals surface area contributed by atoms with Gasteiger partial charge in [-0.3, -0.25) is 23.5 Å². The van der Waals surface area contributed by atoms with Gasteiger partial charge in [0.15, 0.2) is 0 Å². The van der Waals surface area contributed by atoms with Gasteiger partial charge in [0.25, 0.3) is 5.56 Å². The minimum Gasteiger partial charge on any atom is -0.481 e. The van der Waals surface area contributed by atoms with Crippen LogP contribution < -0.4 is 16.6 Å². The van der Waals surface area contributed by atoms with Gasteiger partial charge in [-0.1, -0.05) is 30.3 Å². The highest BCUT2D eigenvalue weighted by atomic mass is 16.4. The molecule has 8 heteroatoms. The van der Waals surface area contributed by atoms with Gasteiger partial charge >= 0.3 is 11.7 Å². The molecule has 1 unspecified atom stereocenters. The molecule has 0 bridgehead atoms. The quantitative estimate of drug-likeness (QED) is 0.697. The molecule has 1 amide bonds. The fourth-order valence-electron chi connectivity index (χ4n) is 2.59. The molecular weight excluding hydrogens is 338 g/mol. The van der Waals surface area contributed by atoms with Gasteiger partial charge in [-0.2, -0.15) is 0 Å². The molecule has 1 atom stereocenters. The zero-order valence-corrected chi connectivity index (χ0v) is 14.4. The zero-order valence-electron chi connectivity index (χ0n) is 14.4. The van der Waals surface area contributed by atoms with Crippen LogP contribution in [-0.2, 0) is 29.6 Å². The smallest absolute Gasteiger partial charge is 0.331 e. The first-order valence-electron chi connectivity index (χ1n) is 8.18. The first-order chi connectivity index (χ1) is 12.4.